The minimum Gasteiger partial charge on any atom is -0.375 e. The Morgan fingerprint density at radius 2 is 2.46 bits per heavy atom. The van der Waals surface area contributed by atoms with Gasteiger partial charge in [-0.05, 0) is 6.92 Å². The van der Waals surface area contributed by atoms with Gasteiger partial charge in [0, 0.05) is 0 Å². The first-order chi connectivity index (χ1) is 6.09. The molecule has 0 fully saturated rings. The monoisotopic (exact) mass is 189 g/mol. The molecule has 1 aromatic heterocycles. The maximum absolute atomic E-state index is 12.0. The van der Waals surface area contributed by atoms with Crippen LogP contribution in [0.1, 0.15) is 13.5 Å². The first-order valence-corrected chi connectivity index (χ1v) is 3.65. The zero-order chi connectivity index (χ0) is 9.84. The third kappa shape index (κ3) is 2.81. The van der Waals surface area contributed by atoms with Crippen LogP contribution in [0.15, 0.2) is 12.4 Å². The molecule has 0 unspecified atom stereocenters. The maximum atomic E-state index is 12.0. The summed E-state index contributed by atoms with van der Waals surface area (Å²) in [7, 11) is 0. The summed E-state index contributed by atoms with van der Waals surface area (Å²) < 4.78 is 24.5. The number of ketones is 1. The minimum atomic E-state index is -2.65. The van der Waals surface area contributed by atoms with Gasteiger partial charge < -0.3 is 5.32 Å². The summed E-state index contributed by atoms with van der Waals surface area (Å²) in [5.74, 6) is -0.0650. The van der Waals surface area contributed by atoms with Crippen molar-refractivity contribution in [2.24, 2.45) is 0 Å². The number of hydrogen-bond acceptors (Lipinski definition) is 3. The molecule has 0 saturated carbocycles. The number of halogens is 2. The SMILES string of the molecule is CC(=O)CNc1cnn(C(F)F)c1. The first kappa shape index (κ1) is 9.63. The Morgan fingerprint density at radius 3 is 2.92 bits per heavy atom. The molecule has 1 heterocycles. The molecule has 0 bridgehead atoms. The zero-order valence-corrected chi connectivity index (χ0v) is 7.00. The molecular formula is C7H9F2N3O. The number of rotatable bonds is 4. The van der Waals surface area contributed by atoms with Gasteiger partial charge in [-0.3, -0.25) is 4.79 Å². The molecule has 1 aromatic rings. The van der Waals surface area contributed by atoms with Crippen LogP contribution < -0.4 is 5.32 Å². The number of alkyl halides is 2. The number of carbonyl (C=O) groups is 1. The highest BCUT2D eigenvalue weighted by molar-refractivity contribution is 5.80. The molecule has 4 nitrogen and oxygen atoms in total. The largest absolute Gasteiger partial charge is 0.375 e. The molecule has 1 rings (SSSR count). The Labute approximate surface area is 73.5 Å². The van der Waals surface area contributed by atoms with Crippen molar-refractivity contribution in [1.82, 2.24) is 9.78 Å². The molecule has 0 aromatic carbocycles. The Morgan fingerprint density at radius 1 is 1.77 bits per heavy atom. The van der Waals surface area contributed by atoms with Gasteiger partial charge in [-0.2, -0.15) is 13.9 Å². The van der Waals surface area contributed by atoms with Crippen molar-refractivity contribution in [1.29, 1.82) is 0 Å². The Bertz CT molecular complexity index is 298. The van der Waals surface area contributed by atoms with Gasteiger partial charge in [0.1, 0.15) is 5.78 Å². The molecular weight excluding hydrogens is 180 g/mol. The molecule has 0 atom stereocenters. The number of anilines is 1. The van der Waals surface area contributed by atoms with Crippen molar-refractivity contribution in [2.45, 2.75) is 13.5 Å². The standard InChI is InChI=1S/C7H9F2N3O/c1-5(13)2-10-6-3-11-12(4-6)7(8)9/h3-4,7,10H,2H2,1H3. The molecule has 0 aliphatic heterocycles. The maximum Gasteiger partial charge on any atom is 0.333 e. The second kappa shape index (κ2) is 3.97. The predicted molar refractivity (Wildman–Crippen MR) is 42.7 cm³/mol. The number of Topliss-reactive ketones (excluding diaryl/α,β-unsaturated/α-hetero) is 1. The average Bonchev–Trinajstić information content (AvgIpc) is 2.48. The van der Waals surface area contributed by atoms with Crippen molar-refractivity contribution in [3.8, 4) is 0 Å². The van der Waals surface area contributed by atoms with E-state index in [9.17, 15) is 13.6 Å². The average molecular weight is 189 g/mol. The van der Waals surface area contributed by atoms with Gasteiger partial charge in [-0.25, -0.2) is 4.68 Å². The third-order valence-electron chi connectivity index (χ3n) is 1.34. The fourth-order valence-corrected chi connectivity index (χ4v) is 0.763. The molecule has 13 heavy (non-hydrogen) atoms. The Balaban J connectivity index is 2.54. The third-order valence-corrected chi connectivity index (χ3v) is 1.34. The van der Waals surface area contributed by atoms with Crippen LogP contribution in [-0.2, 0) is 4.79 Å². The molecule has 0 saturated heterocycles. The summed E-state index contributed by atoms with van der Waals surface area (Å²) in [4.78, 5) is 10.5. The highest BCUT2D eigenvalue weighted by Gasteiger charge is 2.06. The number of nitrogens with zero attached hydrogens (tertiary/aromatic N) is 2. The van der Waals surface area contributed by atoms with Crippen LogP contribution in [0.2, 0.25) is 0 Å². The summed E-state index contributed by atoms with van der Waals surface area (Å²) in [5, 5.41) is 6.04. The highest BCUT2D eigenvalue weighted by Crippen LogP contribution is 2.12. The van der Waals surface area contributed by atoms with Crippen LogP contribution >= 0.6 is 0 Å². The van der Waals surface area contributed by atoms with E-state index < -0.39 is 6.55 Å². The smallest absolute Gasteiger partial charge is 0.333 e. The molecule has 0 aliphatic carbocycles. The lowest BCUT2D eigenvalue weighted by Crippen LogP contribution is -2.09. The molecule has 1 N–H and O–H groups in total. The Kier molecular flexibility index (Phi) is 2.94. The number of nitrogens with one attached hydrogen (secondary N) is 1. The van der Waals surface area contributed by atoms with Crippen molar-refractivity contribution in [2.75, 3.05) is 11.9 Å². The molecule has 6 heteroatoms. The fourth-order valence-electron chi connectivity index (χ4n) is 0.763. The van der Waals surface area contributed by atoms with Gasteiger partial charge in [0.25, 0.3) is 0 Å². The van der Waals surface area contributed by atoms with Crippen LogP contribution in [0.25, 0.3) is 0 Å². The molecule has 0 amide bonds. The summed E-state index contributed by atoms with van der Waals surface area (Å²) in [5.41, 5.74) is 0.413. The zero-order valence-electron chi connectivity index (χ0n) is 7.00. The number of aromatic nitrogens is 2. The quantitative estimate of drug-likeness (QED) is 0.776. The van der Waals surface area contributed by atoms with Crippen molar-refractivity contribution in [3.05, 3.63) is 12.4 Å². The van der Waals surface area contributed by atoms with Gasteiger partial charge in [0.2, 0.25) is 0 Å². The van der Waals surface area contributed by atoms with Crippen molar-refractivity contribution >= 4 is 11.5 Å². The van der Waals surface area contributed by atoms with E-state index >= 15 is 0 Å². The molecule has 0 aliphatic rings. The lowest BCUT2D eigenvalue weighted by atomic mass is 10.4. The van der Waals surface area contributed by atoms with Gasteiger partial charge >= 0.3 is 6.55 Å². The van der Waals surface area contributed by atoms with E-state index in [0.717, 1.165) is 6.20 Å². The second-order valence-corrected chi connectivity index (χ2v) is 2.54. The summed E-state index contributed by atoms with van der Waals surface area (Å²) in [6, 6.07) is 0. The predicted octanol–water partition coefficient (Wildman–Crippen LogP) is 1.28. The van der Waals surface area contributed by atoms with E-state index in [-0.39, 0.29) is 12.3 Å². The van der Waals surface area contributed by atoms with E-state index in [1.807, 2.05) is 0 Å². The molecule has 72 valence electrons. The van der Waals surface area contributed by atoms with E-state index in [1.165, 1.54) is 13.1 Å². The fraction of sp³-hybridized carbons (Fsp3) is 0.429. The van der Waals surface area contributed by atoms with E-state index in [1.54, 1.807) is 0 Å². The number of carbonyl (C=O) groups excluding carboxylic acids is 1. The van der Waals surface area contributed by atoms with Crippen LogP contribution in [0.4, 0.5) is 14.5 Å². The Hall–Kier alpha value is -1.46. The lowest BCUT2D eigenvalue weighted by molar-refractivity contribution is -0.115. The van der Waals surface area contributed by atoms with Gasteiger partial charge in [0.05, 0.1) is 24.6 Å². The first-order valence-electron chi connectivity index (χ1n) is 3.65. The van der Waals surface area contributed by atoms with Crippen LogP contribution in [0, 0.1) is 0 Å². The topological polar surface area (TPSA) is 46.9 Å². The van der Waals surface area contributed by atoms with Gasteiger partial charge in [-0.15, -0.1) is 0 Å². The van der Waals surface area contributed by atoms with E-state index in [0.29, 0.717) is 10.4 Å². The minimum absolute atomic E-state index is 0.0650. The van der Waals surface area contributed by atoms with Gasteiger partial charge in [0.15, 0.2) is 0 Å². The summed E-state index contributed by atoms with van der Waals surface area (Å²) in [6.07, 6.45) is 2.39. The number of hydrogen-bond donors (Lipinski definition) is 1. The van der Waals surface area contributed by atoms with Crippen LogP contribution in [-0.4, -0.2) is 22.1 Å². The van der Waals surface area contributed by atoms with Crippen molar-refractivity contribution in [3.63, 3.8) is 0 Å². The normalized spacial score (nSPS) is 10.5. The molecule has 0 spiro atoms. The second-order valence-electron chi connectivity index (χ2n) is 2.54. The van der Waals surface area contributed by atoms with Crippen molar-refractivity contribution < 1.29 is 13.6 Å². The lowest BCUT2D eigenvalue weighted by Gasteiger charge is -1.98. The van der Waals surface area contributed by atoms with Gasteiger partial charge in [-0.1, -0.05) is 0 Å². The van der Waals surface area contributed by atoms with E-state index in [4.69, 9.17) is 0 Å². The van der Waals surface area contributed by atoms with Crippen LogP contribution in [0.5, 0.6) is 0 Å². The van der Waals surface area contributed by atoms with E-state index in [2.05, 4.69) is 10.4 Å². The summed E-state index contributed by atoms with van der Waals surface area (Å²) >= 11 is 0. The highest BCUT2D eigenvalue weighted by atomic mass is 19.3. The molecule has 0 radical (unpaired) electrons. The summed E-state index contributed by atoms with van der Waals surface area (Å²) in [6.45, 7) is -1.12. The van der Waals surface area contributed by atoms with Crippen LogP contribution in [0.3, 0.4) is 0 Å².